The van der Waals surface area contributed by atoms with E-state index in [0.717, 1.165) is 18.7 Å². The van der Waals surface area contributed by atoms with Gasteiger partial charge in [0.15, 0.2) is 0 Å². The van der Waals surface area contributed by atoms with Crippen LogP contribution < -0.4 is 4.90 Å². The van der Waals surface area contributed by atoms with E-state index in [1.54, 1.807) is 0 Å². The summed E-state index contributed by atoms with van der Waals surface area (Å²) >= 11 is 0. The summed E-state index contributed by atoms with van der Waals surface area (Å²) in [6, 6.07) is 8.56. The Bertz CT molecular complexity index is 359. The zero-order chi connectivity index (χ0) is 13.4. The maximum atomic E-state index is 10.4. The van der Waals surface area contributed by atoms with Crippen molar-refractivity contribution < 1.29 is 9.90 Å². The normalized spacial score (nSPS) is 10.3. The fourth-order valence-electron chi connectivity index (χ4n) is 1.89. The molecule has 3 heteroatoms. The highest BCUT2D eigenvalue weighted by Gasteiger charge is 2.03. The fraction of sp³-hybridized carbons (Fsp3) is 0.533. The van der Waals surface area contributed by atoms with Crippen molar-refractivity contribution >= 4 is 11.7 Å². The van der Waals surface area contributed by atoms with Crippen molar-refractivity contribution in [1.82, 2.24) is 0 Å². The standard InChI is InChI=1S/C15H23NO2/c1-3-4-6-13-8-10-14(11-9-13)16(2)12-5-7-15(17)18/h8-11H,3-7,12H2,1-2H3,(H,17,18). The minimum Gasteiger partial charge on any atom is -0.481 e. The topological polar surface area (TPSA) is 40.5 Å². The number of aliphatic carboxylic acids is 1. The lowest BCUT2D eigenvalue weighted by atomic mass is 10.1. The molecule has 0 saturated carbocycles. The molecule has 0 aromatic heterocycles. The maximum absolute atomic E-state index is 10.4. The van der Waals surface area contributed by atoms with Crippen LogP contribution in [0.15, 0.2) is 24.3 Å². The predicted molar refractivity (Wildman–Crippen MR) is 75.2 cm³/mol. The first-order valence-corrected chi connectivity index (χ1v) is 6.65. The third-order valence-electron chi connectivity index (χ3n) is 3.08. The van der Waals surface area contributed by atoms with Gasteiger partial charge >= 0.3 is 5.97 Å². The van der Waals surface area contributed by atoms with Gasteiger partial charge < -0.3 is 10.0 Å². The molecule has 0 fully saturated rings. The smallest absolute Gasteiger partial charge is 0.303 e. The third kappa shape index (κ3) is 5.21. The Balaban J connectivity index is 2.43. The number of nitrogens with zero attached hydrogens (tertiary/aromatic N) is 1. The van der Waals surface area contributed by atoms with Gasteiger partial charge in [-0.3, -0.25) is 4.79 Å². The van der Waals surface area contributed by atoms with Crippen molar-refractivity contribution in [2.45, 2.75) is 39.0 Å². The van der Waals surface area contributed by atoms with E-state index in [2.05, 4.69) is 36.1 Å². The first-order valence-electron chi connectivity index (χ1n) is 6.65. The Morgan fingerprint density at radius 3 is 2.44 bits per heavy atom. The van der Waals surface area contributed by atoms with E-state index < -0.39 is 5.97 Å². The van der Waals surface area contributed by atoms with E-state index in [1.807, 2.05) is 7.05 Å². The molecule has 18 heavy (non-hydrogen) atoms. The molecule has 1 rings (SSSR count). The molecule has 3 nitrogen and oxygen atoms in total. The lowest BCUT2D eigenvalue weighted by Gasteiger charge is -2.19. The van der Waals surface area contributed by atoms with Crippen LogP contribution in [0, 0.1) is 0 Å². The largest absolute Gasteiger partial charge is 0.481 e. The summed E-state index contributed by atoms with van der Waals surface area (Å²) in [7, 11) is 2.00. The fourth-order valence-corrected chi connectivity index (χ4v) is 1.89. The monoisotopic (exact) mass is 249 g/mol. The van der Waals surface area contributed by atoms with Gasteiger partial charge in [-0.25, -0.2) is 0 Å². The average Bonchev–Trinajstić information content (AvgIpc) is 2.36. The molecular weight excluding hydrogens is 226 g/mol. The SMILES string of the molecule is CCCCc1ccc(N(C)CCCC(=O)O)cc1. The molecule has 0 atom stereocenters. The Morgan fingerprint density at radius 1 is 1.22 bits per heavy atom. The molecular formula is C15H23NO2. The Kier molecular flexibility index (Phi) is 6.26. The molecule has 0 aliphatic heterocycles. The summed E-state index contributed by atoms with van der Waals surface area (Å²) in [6.45, 7) is 2.98. The van der Waals surface area contributed by atoms with Gasteiger partial charge in [-0.1, -0.05) is 25.5 Å². The summed E-state index contributed by atoms with van der Waals surface area (Å²) < 4.78 is 0. The third-order valence-corrected chi connectivity index (χ3v) is 3.08. The molecule has 0 saturated heterocycles. The lowest BCUT2D eigenvalue weighted by Crippen LogP contribution is -2.19. The second kappa shape index (κ2) is 7.75. The number of benzene rings is 1. The van der Waals surface area contributed by atoms with Gasteiger partial charge in [0.1, 0.15) is 0 Å². The second-order valence-electron chi connectivity index (χ2n) is 4.69. The molecule has 0 bridgehead atoms. The van der Waals surface area contributed by atoms with Gasteiger partial charge in [-0.05, 0) is 37.0 Å². The van der Waals surface area contributed by atoms with E-state index >= 15 is 0 Å². The Labute approximate surface area is 109 Å². The van der Waals surface area contributed by atoms with Crippen molar-refractivity contribution in [3.05, 3.63) is 29.8 Å². The Hall–Kier alpha value is -1.51. The number of carboxylic acid groups (broad SMARTS) is 1. The highest BCUT2D eigenvalue weighted by Crippen LogP contribution is 2.15. The summed E-state index contributed by atoms with van der Waals surface area (Å²) in [4.78, 5) is 12.5. The zero-order valence-electron chi connectivity index (χ0n) is 11.4. The minimum atomic E-state index is -0.724. The van der Waals surface area contributed by atoms with E-state index in [-0.39, 0.29) is 6.42 Å². The molecule has 0 amide bonds. The number of carboxylic acids is 1. The highest BCUT2D eigenvalue weighted by molar-refractivity contribution is 5.66. The van der Waals surface area contributed by atoms with Crippen LogP contribution in [0.4, 0.5) is 5.69 Å². The van der Waals surface area contributed by atoms with Crippen LogP contribution in [0.3, 0.4) is 0 Å². The number of aryl methyl sites for hydroxylation is 1. The van der Waals surface area contributed by atoms with E-state index in [4.69, 9.17) is 5.11 Å². The number of rotatable bonds is 8. The molecule has 0 aliphatic carbocycles. The van der Waals surface area contributed by atoms with Gasteiger partial charge in [-0.2, -0.15) is 0 Å². The highest BCUT2D eigenvalue weighted by atomic mass is 16.4. The van der Waals surface area contributed by atoms with Gasteiger partial charge in [0.25, 0.3) is 0 Å². The van der Waals surface area contributed by atoms with Crippen molar-refractivity contribution in [1.29, 1.82) is 0 Å². The van der Waals surface area contributed by atoms with Crippen LogP contribution in [0.5, 0.6) is 0 Å². The minimum absolute atomic E-state index is 0.235. The van der Waals surface area contributed by atoms with Crippen LogP contribution >= 0.6 is 0 Å². The maximum Gasteiger partial charge on any atom is 0.303 e. The van der Waals surface area contributed by atoms with Crippen LogP contribution in [0.25, 0.3) is 0 Å². The Morgan fingerprint density at radius 2 is 1.89 bits per heavy atom. The second-order valence-corrected chi connectivity index (χ2v) is 4.69. The first kappa shape index (κ1) is 14.6. The van der Waals surface area contributed by atoms with E-state index in [0.29, 0.717) is 6.42 Å². The average molecular weight is 249 g/mol. The van der Waals surface area contributed by atoms with E-state index in [1.165, 1.54) is 18.4 Å². The predicted octanol–water partition coefficient (Wildman–Crippen LogP) is 3.33. The molecule has 0 heterocycles. The molecule has 1 aromatic rings. The van der Waals surface area contributed by atoms with Crippen LogP contribution in [-0.2, 0) is 11.2 Å². The molecule has 1 N–H and O–H groups in total. The number of unbranched alkanes of at least 4 members (excludes halogenated alkanes) is 1. The van der Waals surface area contributed by atoms with Gasteiger partial charge in [0.05, 0.1) is 0 Å². The number of hydrogen-bond donors (Lipinski definition) is 1. The molecule has 100 valence electrons. The van der Waals surface area contributed by atoms with Gasteiger partial charge in [0, 0.05) is 25.7 Å². The van der Waals surface area contributed by atoms with E-state index in [9.17, 15) is 4.79 Å². The van der Waals surface area contributed by atoms with Crippen LogP contribution in [-0.4, -0.2) is 24.7 Å². The summed E-state index contributed by atoms with van der Waals surface area (Å²) in [5.74, 6) is -0.724. The van der Waals surface area contributed by atoms with Gasteiger partial charge in [-0.15, -0.1) is 0 Å². The molecule has 0 spiro atoms. The van der Waals surface area contributed by atoms with Crippen molar-refractivity contribution in [2.75, 3.05) is 18.5 Å². The van der Waals surface area contributed by atoms with Crippen molar-refractivity contribution in [2.24, 2.45) is 0 Å². The van der Waals surface area contributed by atoms with Crippen molar-refractivity contribution in [3.8, 4) is 0 Å². The molecule has 0 aliphatic rings. The number of carbonyl (C=O) groups is 1. The van der Waals surface area contributed by atoms with Crippen LogP contribution in [0.1, 0.15) is 38.2 Å². The summed E-state index contributed by atoms with van der Waals surface area (Å²) in [6.07, 6.45) is 4.51. The zero-order valence-corrected chi connectivity index (χ0v) is 11.4. The van der Waals surface area contributed by atoms with Crippen LogP contribution in [0.2, 0.25) is 0 Å². The first-order chi connectivity index (χ1) is 8.63. The number of hydrogen-bond acceptors (Lipinski definition) is 2. The molecule has 0 unspecified atom stereocenters. The van der Waals surface area contributed by atoms with Gasteiger partial charge in [0.2, 0.25) is 0 Å². The molecule has 0 radical (unpaired) electrons. The summed E-state index contributed by atoms with van der Waals surface area (Å²) in [5.41, 5.74) is 2.53. The molecule has 1 aromatic carbocycles. The quantitative estimate of drug-likeness (QED) is 0.768. The summed E-state index contributed by atoms with van der Waals surface area (Å²) in [5, 5.41) is 8.60. The number of anilines is 1. The van der Waals surface area contributed by atoms with Crippen molar-refractivity contribution in [3.63, 3.8) is 0 Å². The lowest BCUT2D eigenvalue weighted by molar-refractivity contribution is -0.137.